The molecule has 38 heavy (non-hydrogen) atoms. The molecule has 2 unspecified atom stereocenters. The maximum atomic E-state index is 13.9. The molecule has 4 amide bonds. The fraction of sp³-hybridized carbons (Fsp3) is 0.593. The Morgan fingerprint density at radius 2 is 1.66 bits per heavy atom. The summed E-state index contributed by atoms with van der Waals surface area (Å²) >= 11 is 0. The van der Waals surface area contributed by atoms with E-state index in [1.54, 1.807) is 32.9 Å². The molecule has 0 aliphatic heterocycles. The number of ether oxygens (including phenoxy) is 2. The molecule has 11 heteroatoms. The van der Waals surface area contributed by atoms with Gasteiger partial charge in [-0.1, -0.05) is 51.0 Å². The number of nitrogens with zero attached hydrogens (tertiary/aromatic N) is 1. The molecule has 1 aromatic rings. The van der Waals surface area contributed by atoms with Gasteiger partial charge in [0.2, 0.25) is 17.7 Å². The highest BCUT2D eigenvalue weighted by atomic mass is 16.6. The molecule has 0 radical (unpaired) electrons. The number of alkyl carbamates (subject to hydrolysis) is 1. The van der Waals surface area contributed by atoms with E-state index in [9.17, 15) is 24.0 Å². The summed E-state index contributed by atoms with van der Waals surface area (Å²) in [7, 11) is 1.20. The van der Waals surface area contributed by atoms with Gasteiger partial charge in [-0.3, -0.25) is 19.2 Å². The van der Waals surface area contributed by atoms with Gasteiger partial charge < -0.3 is 30.7 Å². The molecule has 0 spiro atoms. The summed E-state index contributed by atoms with van der Waals surface area (Å²) in [5, 5.41) is 4.97. The molecule has 0 bridgehead atoms. The second-order valence-corrected chi connectivity index (χ2v) is 9.90. The molecule has 0 aliphatic rings. The van der Waals surface area contributed by atoms with Crippen molar-refractivity contribution in [2.45, 2.75) is 84.4 Å². The third-order valence-electron chi connectivity index (χ3n) is 5.58. The summed E-state index contributed by atoms with van der Waals surface area (Å²) in [6, 6.07) is 4.67. The third kappa shape index (κ3) is 11.2. The average molecular weight is 535 g/mol. The smallest absolute Gasteiger partial charge is 0.408 e. The molecular formula is C27H42N4O7. The minimum atomic E-state index is -1.37. The fourth-order valence-electron chi connectivity index (χ4n) is 3.69. The summed E-state index contributed by atoms with van der Waals surface area (Å²) in [5.74, 6) is -2.75. The van der Waals surface area contributed by atoms with Crippen molar-refractivity contribution in [2.75, 3.05) is 20.2 Å². The highest BCUT2D eigenvalue weighted by Gasteiger charge is 2.37. The lowest BCUT2D eigenvalue weighted by Crippen LogP contribution is -2.54. The molecule has 0 aromatic heterocycles. The van der Waals surface area contributed by atoms with E-state index < -0.39 is 60.4 Å². The van der Waals surface area contributed by atoms with Crippen LogP contribution >= 0.6 is 0 Å². The largest absolute Gasteiger partial charge is 0.468 e. The predicted molar refractivity (Wildman–Crippen MR) is 142 cm³/mol. The molecular weight excluding hydrogens is 492 g/mol. The number of nitrogens with two attached hydrogens (primary N) is 1. The summed E-state index contributed by atoms with van der Waals surface area (Å²) in [5.41, 5.74) is 6.09. The van der Waals surface area contributed by atoms with Crippen molar-refractivity contribution >= 4 is 29.8 Å². The molecule has 1 rings (SSSR count). The van der Waals surface area contributed by atoms with Crippen LogP contribution in [0.2, 0.25) is 0 Å². The number of carbonyl (C=O) groups excluding carboxylic acids is 5. The minimum Gasteiger partial charge on any atom is -0.468 e. The van der Waals surface area contributed by atoms with Crippen LogP contribution in [0.5, 0.6) is 0 Å². The van der Waals surface area contributed by atoms with Crippen LogP contribution in [0.15, 0.2) is 24.3 Å². The minimum absolute atomic E-state index is 0.157. The molecule has 11 nitrogen and oxygen atoms in total. The van der Waals surface area contributed by atoms with Crippen LogP contribution in [0, 0.1) is 0 Å². The van der Waals surface area contributed by atoms with Crippen molar-refractivity contribution in [1.82, 2.24) is 15.5 Å². The Labute approximate surface area is 224 Å². The second kappa shape index (κ2) is 15.6. The van der Waals surface area contributed by atoms with E-state index in [2.05, 4.69) is 15.4 Å². The molecule has 1 aromatic carbocycles. The van der Waals surface area contributed by atoms with Crippen LogP contribution in [-0.4, -0.2) is 66.5 Å². The number of hydrogen-bond acceptors (Lipinski definition) is 7. The Kier molecular flexibility index (Phi) is 13.3. The van der Waals surface area contributed by atoms with Crippen molar-refractivity contribution < 1.29 is 33.4 Å². The van der Waals surface area contributed by atoms with E-state index in [1.807, 2.05) is 26.0 Å². The number of rotatable bonds is 14. The molecule has 0 saturated carbocycles. The monoisotopic (exact) mass is 534 g/mol. The average Bonchev–Trinajstić information content (AvgIpc) is 2.84. The zero-order valence-corrected chi connectivity index (χ0v) is 23.3. The summed E-state index contributed by atoms with van der Waals surface area (Å²) in [6.45, 7) is 8.74. The highest BCUT2D eigenvalue weighted by Crippen LogP contribution is 2.25. The Balaban J connectivity index is 3.50. The van der Waals surface area contributed by atoms with Gasteiger partial charge >= 0.3 is 12.1 Å². The maximum Gasteiger partial charge on any atom is 0.408 e. The topological polar surface area (TPSA) is 157 Å². The highest BCUT2D eigenvalue weighted by molar-refractivity contribution is 5.95. The van der Waals surface area contributed by atoms with E-state index in [1.165, 1.54) is 12.0 Å². The van der Waals surface area contributed by atoms with Crippen LogP contribution in [0.25, 0.3) is 0 Å². The Hall–Kier alpha value is -3.63. The second-order valence-electron chi connectivity index (χ2n) is 9.90. The first kappa shape index (κ1) is 32.4. The lowest BCUT2D eigenvalue weighted by atomic mass is 9.99. The predicted octanol–water partition coefficient (Wildman–Crippen LogP) is 2.37. The van der Waals surface area contributed by atoms with Gasteiger partial charge in [0.25, 0.3) is 0 Å². The van der Waals surface area contributed by atoms with Crippen LogP contribution in [0.1, 0.15) is 77.5 Å². The Morgan fingerprint density at radius 3 is 2.16 bits per heavy atom. The number of unbranched alkanes of at least 4 members (excludes halogenated alkanes) is 2. The van der Waals surface area contributed by atoms with E-state index >= 15 is 0 Å². The molecule has 0 saturated heterocycles. The van der Waals surface area contributed by atoms with Gasteiger partial charge in [0, 0.05) is 6.54 Å². The van der Waals surface area contributed by atoms with Crippen molar-refractivity contribution in [3.63, 3.8) is 0 Å². The van der Waals surface area contributed by atoms with Gasteiger partial charge in [-0.25, -0.2) is 4.79 Å². The number of hydrogen-bond donors (Lipinski definition) is 3. The quantitative estimate of drug-likeness (QED) is 0.244. The number of carbonyl (C=O) groups is 5. The van der Waals surface area contributed by atoms with Gasteiger partial charge in [-0.05, 0) is 44.7 Å². The molecule has 212 valence electrons. The molecule has 0 fully saturated rings. The van der Waals surface area contributed by atoms with Crippen molar-refractivity contribution in [3.8, 4) is 0 Å². The third-order valence-corrected chi connectivity index (χ3v) is 5.58. The first-order valence-electron chi connectivity index (χ1n) is 12.8. The number of esters is 1. The van der Waals surface area contributed by atoms with Gasteiger partial charge in [0.15, 0.2) is 0 Å². The van der Waals surface area contributed by atoms with E-state index in [4.69, 9.17) is 10.5 Å². The molecule has 4 N–H and O–H groups in total. The van der Waals surface area contributed by atoms with E-state index in [0.29, 0.717) is 12.0 Å². The number of methoxy groups -OCH3 is 1. The van der Waals surface area contributed by atoms with Crippen LogP contribution in [0.4, 0.5) is 4.79 Å². The Bertz CT molecular complexity index is 957. The van der Waals surface area contributed by atoms with Crippen LogP contribution < -0.4 is 16.4 Å². The molecule has 2 atom stereocenters. The molecule has 0 heterocycles. The normalized spacial score (nSPS) is 12.6. The van der Waals surface area contributed by atoms with Gasteiger partial charge in [0.05, 0.1) is 13.5 Å². The summed E-state index contributed by atoms with van der Waals surface area (Å²) < 4.78 is 9.89. The number of aryl methyl sites for hydroxylation is 1. The SMILES string of the molecule is CCCCCN(C(=O)C(CC(N)=O)NC(=O)OC(C)(C)C)C(C(=O)NCC(=O)OC)c1ccc(CC)cc1. The van der Waals surface area contributed by atoms with Crippen molar-refractivity contribution in [3.05, 3.63) is 35.4 Å². The number of amides is 4. The first-order valence-corrected chi connectivity index (χ1v) is 12.8. The Morgan fingerprint density at radius 1 is 1.03 bits per heavy atom. The van der Waals surface area contributed by atoms with E-state index in [-0.39, 0.29) is 6.54 Å². The van der Waals surface area contributed by atoms with Gasteiger partial charge in [0.1, 0.15) is 24.2 Å². The lowest BCUT2D eigenvalue weighted by Gasteiger charge is -2.34. The van der Waals surface area contributed by atoms with Gasteiger partial charge in [-0.2, -0.15) is 0 Å². The zero-order valence-electron chi connectivity index (χ0n) is 23.3. The molecule has 0 aliphatic carbocycles. The number of nitrogens with one attached hydrogen (secondary N) is 2. The number of primary amides is 1. The summed E-state index contributed by atoms with van der Waals surface area (Å²) in [4.78, 5) is 64.7. The maximum absolute atomic E-state index is 13.9. The summed E-state index contributed by atoms with van der Waals surface area (Å²) in [6.07, 6.45) is 1.57. The zero-order chi connectivity index (χ0) is 28.9. The fourth-order valence-corrected chi connectivity index (χ4v) is 3.69. The lowest BCUT2D eigenvalue weighted by molar-refractivity contribution is -0.145. The first-order chi connectivity index (χ1) is 17.8. The van der Waals surface area contributed by atoms with Crippen molar-refractivity contribution in [1.29, 1.82) is 0 Å². The van der Waals surface area contributed by atoms with Crippen LogP contribution in [0.3, 0.4) is 0 Å². The van der Waals surface area contributed by atoms with Crippen molar-refractivity contribution in [2.24, 2.45) is 5.73 Å². The number of benzene rings is 1. The standard InChI is InChI=1S/C27H42N4O7/c1-7-9-10-15-31(25(35)20(16-21(28)32)30-26(36)38-27(3,4)5)23(24(34)29-17-22(33)37-6)19-13-11-18(8-2)12-14-19/h11-14,20,23H,7-10,15-17H2,1-6H3,(H2,28,32)(H,29,34)(H,30,36). The van der Waals surface area contributed by atoms with Gasteiger partial charge in [-0.15, -0.1) is 0 Å². The van der Waals surface area contributed by atoms with Crippen LogP contribution in [-0.2, 0) is 35.1 Å². The van der Waals surface area contributed by atoms with E-state index in [0.717, 1.165) is 24.8 Å².